The molecule has 0 aliphatic carbocycles. The van der Waals surface area contributed by atoms with Crippen LogP contribution in [0.25, 0.3) is 16.9 Å². The molecule has 6 nitrogen and oxygen atoms in total. The van der Waals surface area contributed by atoms with Gasteiger partial charge in [-0.25, -0.2) is 4.68 Å². The zero-order valence-electron chi connectivity index (χ0n) is 16.3. The lowest BCUT2D eigenvalue weighted by atomic mass is 10.1. The average Bonchev–Trinajstić information content (AvgIpc) is 3.20. The van der Waals surface area contributed by atoms with Crippen LogP contribution in [0.15, 0.2) is 61.1 Å². The van der Waals surface area contributed by atoms with Crippen LogP contribution >= 0.6 is 0 Å². The van der Waals surface area contributed by atoms with Crippen molar-refractivity contribution in [1.82, 2.24) is 25.0 Å². The fourth-order valence-corrected chi connectivity index (χ4v) is 3.57. The summed E-state index contributed by atoms with van der Waals surface area (Å²) < 4.78 is 7.41. The lowest BCUT2D eigenvalue weighted by molar-refractivity contribution is 0.0203. The van der Waals surface area contributed by atoms with Gasteiger partial charge in [-0.3, -0.25) is 9.88 Å². The highest BCUT2D eigenvalue weighted by Crippen LogP contribution is 2.23. The molecular weight excluding hydrogens is 350 g/mol. The van der Waals surface area contributed by atoms with E-state index in [1.54, 1.807) is 0 Å². The quantitative estimate of drug-likeness (QED) is 0.686. The minimum absolute atomic E-state index is 0.484. The smallest absolute Gasteiger partial charge is 0.0973 e. The van der Waals surface area contributed by atoms with Crippen LogP contribution in [0.3, 0.4) is 0 Å². The Kier molecular flexibility index (Phi) is 6.11. The van der Waals surface area contributed by atoms with Gasteiger partial charge in [-0.05, 0) is 31.2 Å². The van der Waals surface area contributed by atoms with E-state index in [-0.39, 0.29) is 0 Å². The molecule has 1 aliphatic rings. The molecule has 1 fully saturated rings. The second kappa shape index (κ2) is 9.10. The Morgan fingerprint density at radius 3 is 2.57 bits per heavy atom. The number of aromatic nitrogens is 3. The lowest BCUT2D eigenvalue weighted by Gasteiger charge is -2.32. The van der Waals surface area contributed by atoms with Crippen LogP contribution in [0.2, 0.25) is 0 Å². The highest BCUT2D eigenvalue weighted by molar-refractivity contribution is 5.62. The van der Waals surface area contributed by atoms with Gasteiger partial charge >= 0.3 is 0 Å². The molecule has 6 heteroatoms. The van der Waals surface area contributed by atoms with Crippen molar-refractivity contribution in [3.63, 3.8) is 0 Å². The molecule has 1 aliphatic heterocycles. The third-order valence-electron chi connectivity index (χ3n) is 5.19. The molecule has 1 aromatic carbocycles. The van der Waals surface area contributed by atoms with E-state index in [4.69, 9.17) is 9.84 Å². The molecule has 0 amide bonds. The SMILES string of the molecule is CC(CNCc1cn(-c2ccccc2)nc1-c1ccncc1)N1CCOCC1. The first-order chi connectivity index (χ1) is 13.8. The van der Waals surface area contributed by atoms with Gasteiger partial charge in [-0.15, -0.1) is 0 Å². The number of pyridine rings is 1. The molecule has 3 aromatic rings. The van der Waals surface area contributed by atoms with E-state index >= 15 is 0 Å². The van der Waals surface area contributed by atoms with Crippen molar-refractivity contribution in [2.45, 2.75) is 19.5 Å². The van der Waals surface area contributed by atoms with Crippen molar-refractivity contribution in [2.24, 2.45) is 0 Å². The van der Waals surface area contributed by atoms with E-state index in [0.29, 0.717) is 6.04 Å². The summed E-state index contributed by atoms with van der Waals surface area (Å²) in [5, 5.41) is 8.48. The standard InChI is InChI=1S/C22H27N5O/c1-18(26-11-13-28-14-12-26)15-24-16-20-17-27(21-5-3-2-4-6-21)25-22(20)19-7-9-23-10-8-19/h2-10,17-18,24H,11-16H2,1H3. The minimum atomic E-state index is 0.484. The average molecular weight is 377 g/mol. The topological polar surface area (TPSA) is 55.2 Å². The van der Waals surface area contributed by atoms with Gasteiger partial charge in [0, 0.05) is 61.9 Å². The first-order valence-corrected chi connectivity index (χ1v) is 9.88. The van der Waals surface area contributed by atoms with Crippen molar-refractivity contribution >= 4 is 0 Å². The number of benzene rings is 1. The molecule has 146 valence electrons. The summed E-state index contributed by atoms with van der Waals surface area (Å²) in [6.45, 7) is 7.68. The van der Waals surface area contributed by atoms with Gasteiger partial charge in [0.2, 0.25) is 0 Å². The van der Waals surface area contributed by atoms with Crippen molar-refractivity contribution in [2.75, 3.05) is 32.8 Å². The first-order valence-electron chi connectivity index (χ1n) is 9.88. The lowest BCUT2D eigenvalue weighted by Crippen LogP contribution is -2.46. The summed E-state index contributed by atoms with van der Waals surface area (Å²) in [5.41, 5.74) is 4.33. The summed E-state index contributed by atoms with van der Waals surface area (Å²) in [5.74, 6) is 0. The van der Waals surface area contributed by atoms with Crippen molar-refractivity contribution in [1.29, 1.82) is 0 Å². The third kappa shape index (κ3) is 4.47. The van der Waals surface area contributed by atoms with Gasteiger partial charge in [-0.2, -0.15) is 5.10 Å². The molecule has 0 radical (unpaired) electrons. The normalized spacial score (nSPS) is 16.2. The maximum atomic E-state index is 5.45. The minimum Gasteiger partial charge on any atom is -0.379 e. The molecule has 1 atom stereocenters. The number of nitrogens with one attached hydrogen (secondary N) is 1. The number of nitrogens with zero attached hydrogens (tertiary/aromatic N) is 4. The van der Waals surface area contributed by atoms with Crippen LogP contribution in [0.5, 0.6) is 0 Å². The number of rotatable bonds is 7. The maximum Gasteiger partial charge on any atom is 0.0973 e. The number of hydrogen-bond acceptors (Lipinski definition) is 5. The second-order valence-electron chi connectivity index (χ2n) is 7.15. The molecule has 2 aromatic heterocycles. The summed E-state index contributed by atoms with van der Waals surface area (Å²) >= 11 is 0. The third-order valence-corrected chi connectivity index (χ3v) is 5.19. The summed E-state index contributed by atoms with van der Waals surface area (Å²) in [4.78, 5) is 6.62. The number of hydrogen-bond donors (Lipinski definition) is 1. The molecule has 0 spiro atoms. The molecule has 3 heterocycles. The van der Waals surface area contributed by atoms with E-state index in [2.05, 4.69) is 40.5 Å². The van der Waals surface area contributed by atoms with Gasteiger partial charge < -0.3 is 10.1 Å². The van der Waals surface area contributed by atoms with E-state index in [0.717, 1.165) is 56.3 Å². The molecule has 1 unspecified atom stereocenters. The van der Waals surface area contributed by atoms with Crippen molar-refractivity contribution < 1.29 is 4.74 Å². The Bertz CT molecular complexity index is 859. The van der Waals surface area contributed by atoms with E-state index in [1.165, 1.54) is 5.56 Å². The molecule has 28 heavy (non-hydrogen) atoms. The van der Waals surface area contributed by atoms with E-state index in [9.17, 15) is 0 Å². The fourth-order valence-electron chi connectivity index (χ4n) is 3.57. The summed E-state index contributed by atoms with van der Waals surface area (Å²) in [7, 11) is 0. The molecule has 1 saturated heterocycles. The van der Waals surface area contributed by atoms with Crippen LogP contribution in [0, 0.1) is 0 Å². The zero-order chi connectivity index (χ0) is 19.2. The predicted molar refractivity (Wildman–Crippen MR) is 110 cm³/mol. The number of para-hydroxylation sites is 1. The maximum absolute atomic E-state index is 5.45. The van der Waals surface area contributed by atoms with Gasteiger partial charge in [0.15, 0.2) is 0 Å². The largest absolute Gasteiger partial charge is 0.379 e. The fraction of sp³-hybridized carbons (Fsp3) is 0.364. The van der Waals surface area contributed by atoms with Gasteiger partial charge in [0.05, 0.1) is 24.6 Å². The van der Waals surface area contributed by atoms with Crippen LogP contribution < -0.4 is 5.32 Å². The van der Waals surface area contributed by atoms with Gasteiger partial charge in [0.1, 0.15) is 0 Å². The van der Waals surface area contributed by atoms with Crippen LogP contribution in [-0.4, -0.2) is 58.6 Å². The second-order valence-corrected chi connectivity index (χ2v) is 7.15. The highest BCUT2D eigenvalue weighted by atomic mass is 16.5. The van der Waals surface area contributed by atoms with E-state index < -0.39 is 0 Å². The number of ether oxygens (including phenoxy) is 1. The highest BCUT2D eigenvalue weighted by Gasteiger charge is 2.17. The van der Waals surface area contributed by atoms with E-state index in [1.807, 2.05) is 47.4 Å². The zero-order valence-corrected chi connectivity index (χ0v) is 16.3. The Hall–Kier alpha value is -2.54. The Balaban J connectivity index is 1.49. The predicted octanol–water partition coefficient (Wildman–Crippen LogP) is 2.74. The summed E-state index contributed by atoms with van der Waals surface area (Å²) in [6.07, 6.45) is 5.75. The van der Waals surface area contributed by atoms with Crippen LogP contribution in [0.1, 0.15) is 12.5 Å². The summed E-state index contributed by atoms with van der Waals surface area (Å²) in [6, 6.07) is 14.7. The van der Waals surface area contributed by atoms with Crippen LogP contribution in [0.4, 0.5) is 0 Å². The molecule has 0 bridgehead atoms. The monoisotopic (exact) mass is 377 g/mol. The van der Waals surface area contributed by atoms with Crippen molar-refractivity contribution in [3.8, 4) is 16.9 Å². The Morgan fingerprint density at radius 2 is 1.82 bits per heavy atom. The Morgan fingerprint density at radius 1 is 1.07 bits per heavy atom. The molecule has 0 saturated carbocycles. The Labute approximate surface area is 166 Å². The molecule has 1 N–H and O–H groups in total. The molecular formula is C22H27N5O. The number of morpholine rings is 1. The first kappa shape index (κ1) is 18.8. The molecule has 4 rings (SSSR count). The van der Waals surface area contributed by atoms with Crippen LogP contribution in [-0.2, 0) is 11.3 Å². The van der Waals surface area contributed by atoms with Crippen molar-refractivity contribution in [3.05, 3.63) is 66.6 Å². The van der Waals surface area contributed by atoms with Gasteiger partial charge in [0.25, 0.3) is 0 Å². The van der Waals surface area contributed by atoms with Gasteiger partial charge in [-0.1, -0.05) is 18.2 Å².